The van der Waals surface area contributed by atoms with Gasteiger partial charge in [0.15, 0.2) is 0 Å². The lowest BCUT2D eigenvalue weighted by Crippen LogP contribution is -2.22. The number of aryl methyl sites for hydroxylation is 1. The van der Waals surface area contributed by atoms with Crippen molar-refractivity contribution in [3.05, 3.63) is 100 Å². The number of fused-ring (bicyclic) bond motifs is 2. The Bertz CT molecular complexity index is 1370. The SMILES string of the molecule is Cc1ccc(-n2c(C=C3C(=O)Nc4ccccc43)nc3ccccc3c2=O)cc1. The molecule has 0 aliphatic carbocycles. The van der Waals surface area contributed by atoms with Crippen LogP contribution in [0.4, 0.5) is 5.69 Å². The average Bonchev–Trinajstić information content (AvgIpc) is 3.05. The number of anilines is 1. The Balaban J connectivity index is 1.82. The summed E-state index contributed by atoms with van der Waals surface area (Å²) in [6, 6.07) is 22.4. The highest BCUT2D eigenvalue weighted by molar-refractivity contribution is 6.34. The van der Waals surface area contributed by atoms with E-state index < -0.39 is 0 Å². The van der Waals surface area contributed by atoms with E-state index in [0.29, 0.717) is 28.0 Å². The predicted octanol–water partition coefficient (Wildman–Crippen LogP) is 4.19. The van der Waals surface area contributed by atoms with E-state index in [1.165, 1.54) is 0 Å². The highest BCUT2D eigenvalue weighted by atomic mass is 16.2. The minimum atomic E-state index is -0.205. The van der Waals surface area contributed by atoms with Gasteiger partial charge in [0.05, 0.1) is 22.2 Å². The number of carbonyl (C=O) groups excluding carboxylic acids is 1. The van der Waals surface area contributed by atoms with Gasteiger partial charge >= 0.3 is 0 Å². The lowest BCUT2D eigenvalue weighted by Gasteiger charge is -2.12. The van der Waals surface area contributed by atoms with Crippen molar-refractivity contribution in [3.63, 3.8) is 0 Å². The van der Waals surface area contributed by atoms with Crippen molar-refractivity contribution in [3.8, 4) is 5.69 Å². The van der Waals surface area contributed by atoms with Crippen LogP contribution < -0.4 is 10.9 Å². The maximum Gasteiger partial charge on any atom is 0.266 e. The zero-order chi connectivity index (χ0) is 20.0. The van der Waals surface area contributed by atoms with Crippen LogP contribution in [0.1, 0.15) is 17.0 Å². The van der Waals surface area contributed by atoms with E-state index in [4.69, 9.17) is 4.98 Å². The molecule has 3 aromatic carbocycles. The molecule has 4 aromatic rings. The Labute approximate surface area is 167 Å². The van der Waals surface area contributed by atoms with E-state index in [0.717, 1.165) is 16.8 Å². The first kappa shape index (κ1) is 17.1. The molecule has 1 amide bonds. The molecule has 0 radical (unpaired) electrons. The molecule has 1 N–H and O–H groups in total. The number of hydrogen-bond donors (Lipinski definition) is 1. The quantitative estimate of drug-likeness (QED) is 0.531. The van der Waals surface area contributed by atoms with Gasteiger partial charge in [0.1, 0.15) is 5.82 Å². The van der Waals surface area contributed by atoms with Crippen molar-refractivity contribution < 1.29 is 4.79 Å². The number of hydrogen-bond acceptors (Lipinski definition) is 3. The first-order valence-corrected chi connectivity index (χ1v) is 9.33. The summed E-state index contributed by atoms with van der Waals surface area (Å²) >= 11 is 0. The molecule has 0 spiro atoms. The van der Waals surface area contributed by atoms with E-state index in [2.05, 4.69) is 5.32 Å². The van der Waals surface area contributed by atoms with Crippen LogP contribution in [0.2, 0.25) is 0 Å². The third-order valence-corrected chi connectivity index (χ3v) is 5.08. The van der Waals surface area contributed by atoms with Crippen LogP contribution in [-0.2, 0) is 4.79 Å². The summed E-state index contributed by atoms with van der Waals surface area (Å²) in [5.74, 6) is 0.212. The number of aromatic nitrogens is 2. The largest absolute Gasteiger partial charge is 0.321 e. The summed E-state index contributed by atoms with van der Waals surface area (Å²) in [5.41, 5.74) is 4.28. The van der Waals surface area contributed by atoms with Crippen molar-refractivity contribution in [2.75, 3.05) is 5.32 Å². The fourth-order valence-electron chi connectivity index (χ4n) is 3.60. The van der Waals surface area contributed by atoms with Gasteiger partial charge < -0.3 is 5.32 Å². The minimum Gasteiger partial charge on any atom is -0.321 e. The molecule has 5 nitrogen and oxygen atoms in total. The Morgan fingerprint density at radius 2 is 1.62 bits per heavy atom. The number of carbonyl (C=O) groups is 1. The first-order chi connectivity index (χ1) is 14.1. The maximum atomic E-state index is 13.3. The van der Waals surface area contributed by atoms with Gasteiger partial charge in [-0.25, -0.2) is 4.98 Å². The smallest absolute Gasteiger partial charge is 0.266 e. The third kappa shape index (κ3) is 2.84. The van der Waals surface area contributed by atoms with Crippen LogP contribution in [0.25, 0.3) is 28.2 Å². The predicted molar refractivity (Wildman–Crippen MR) is 115 cm³/mol. The Morgan fingerprint density at radius 3 is 2.45 bits per heavy atom. The Morgan fingerprint density at radius 1 is 0.897 bits per heavy atom. The van der Waals surface area contributed by atoms with Gasteiger partial charge in [0.2, 0.25) is 0 Å². The zero-order valence-corrected chi connectivity index (χ0v) is 15.7. The number of amides is 1. The zero-order valence-electron chi connectivity index (χ0n) is 15.7. The molecule has 1 aliphatic heterocycles. The summed E-state index contributed by atoms with van der Waals surface area (Å²) in [7, 11) is 0. The van der Waals surface area contributed by atoms with Crippen LogP contribution >= 0.6 is 0 Å². The number of rotatable bonds is 2. The fraction of sp³-hybridized carbons (Fsp3) is 0.0417. The van der Waals surface area contributed by atoms with Crippen molar-refractivity contribution >= 4 is 34.1 Å². The molecule has 5 rings (SSSR count). The Hall–Kier alpha value is -3.99. The topological polar surface area (TPSA) is 64.0 Å². The maximum absolute atomic E-state index is 13.3. The van der Waals surface area contributed by atoms with Crippen LogP contribution in [-0.4, -0.2) is 15.5 Å². The molecule has 2 heterocycles. The highest BCUT2D eigenvalue weighted by Crippen LogP contribution is 2.32. The van der Waals surface area contributed by atoms with E-state index in [-0.39, 0.29) is 11.5 Å². The highest BCUT2D eigenvalue weighted by Gasteiger charge is 2.24. The second kappa shape index (κ2) is 6.56. The third-order valence-electron chi connectivity index (χ3n) is 5.08. The molecular formula is C24H17N3O2. The molecule has 0 fully saturated rings. The number of para-hydroxylation sites is 2. The molecule has 5 heteroatoms. The van der Waals surface area contributed by atoms with Crippen molar-refractivity contribution in [2.45, 2.75) is 6.92 Å². The molecule has 0 saturated heterocycles. The molecular weight excluding hydrogens is 362 g/mol. The summed E-state index contributed by atoms with van der Waals surface area (Å²) in [6.07, 6.45) is 1.69. The normalized spacial score (nSPS) is 14.2. The second-order valence-corrected chi connectivity index (χ2v) is 7.02. The molecule has 1 aromatic heterocycles. The lowest BCUT2D eigenvalue weighted by atomic mass is 10.1. The monoisotopic (exact) mass is 379 g/mol. The molecule has 0 bridgehead atoms. The summed E-state index contributed by atoms with van der Waals surface area (Å²) < 4.78 is 1.56. The van der Waals surface area contributed by atoms with E-state index in [9.17, 15) is 9.59 Å². The van der Waals surface area contributed by atoms with Gasteiger partial charge in [-0.3, -0.25) is 14.2 Å². The number of benzene rings is 3. The van der Waals surface area contributed by atoms with Crippen molar-refractivity contribution in [1.29, 1.82) is 0 Å². The Kier molecular flexibility index (Phi) is 3.88. The molecule has 140 valence electrons. The van der Waals surface area contributed by atoms with Gasteiger partial charge in [-0.1, -0.05) is 48.0 Å². The van der Waals surface area contributed by atoms with Gasteiger partial charge in [0, 0.05) is 11.3 Å². The first-order valence-electron chi connectivity index (χ1n) is 9.33. The van der Waals surface area contributed by atoms with Crippen LogP contribution in [0.3, 0.4) is 0 Å². The minimum absolute atomic E-state index is 0.169. The van der Waals surface area contributed by atoms with Crippen LogP contribution in [0, 0.1) is 6.92 Å². The van der Waals surface area contributed by atoms with Crippen molar-refractivity contribution in [2.24, 2.45) is 0 Å². The molecule has 0 unspecified atom stereocenters. The summed E-state index contributed by atoms with van der Waals surface area (Å²) in [4.78, 5) is 30.6. The van der Waals surface area contributed by atoms with Gasteiger partial charge in [-0.2, -0.15) is 0 Å². The summed E-state index contributed by atoms with van der Waals surface area (Å²) in [6.45, 7) is 1.99. The van der Waals surface area contributed by atoms with E-state index >= 15 is 0 Å². The van der Waals surface area contributed by atoms with Gasteiger partial charge in [-0.15, -0.1) is 0 Å². The fourth-order valence-corrected chi connectivity index (χ4v) is 3.60. The van der Waals surface area contributed by atoms with E-state index in [1.807, 2.05) is 67.6 Å². The van der Waals surface area contributed by atoms with Gasteiger partial charge in [0.25, 0.3) is 11.5 Å². The molecule has 0 atom stereocenters. The lowest BCUT2D eigenvalue weighted by molar-refractivity contribution is -0.110. The molecule has 29 heavy (non-hydrogen) atoms. The number of nitrogens with one attached hydrogen (secondary N) is 1. The number of nitrogens with zero attached hydrogens (tertiary/aromatic N) is 2. The second-order valence-electron chi connectivity index (χ2n) is 7.02. The van der Waals surface area contributed by atoms with E-state index in [1.54, 1.807) is 22.8 Å². The van der Waals surface area contributed by atoms with Crippen LogP contribution in [0.15, 0.2) is 77.6 Å². The van der Waals surface area contributed by atoms with Crippen LogP contribution in [0.5, 0.6) is 0 Å². The van der Waals surface area contributed by atoms with Gasteiger partial charge in [-0.05, 0) is 43.3 Å². The average molecular weight is 379 g/mol. The standard InChI is InChI=1S/C24H17N3O2/c1-15-10-12-16(13-11-15)27-22(25-21-9-5-3-7-18(21)24(27)29)14-19-17-6-2-4-8-20(17)26-23(19)28/h2-14H,1H3,(H,26,28). The summed E-state index contributed by atoms with van der Waals surface area (Å²) in [5, 5.41) is 3.40. The molecule has 0 saturated carbocycles. The van der Waals surface area contributed by atoms with Crippen molar-refractivity contribution in [1.82, 2.24) is 9.55 Å². The molecule has 1 aliphatic rings.